The highest BCUT2D eigenvalue weighted by Crippen LogP contribution is 2.47. The Hall–Kier alpha value is -1.31. The van der Waals surface area contributed by atoms with Gasteiger partial charge in [0.15, 0.2) is 25.2 Å². The highest BCUT2D eigenvalue weighted by Gasteiger charge is 2.60. The molecule has 0 aliphatic carbocycles. The third-order valence-electron chi connectivity index (χ3n) is 11.7. The van der Waals surface area contributed by atoms with E-state index < -0.39 is 220 Å². The molecule has 5 rings (SSSR count). The van der Waals surface area contributed by atoms with Crippen LogP contribution in [0, 0.1) is 0 Å². The molecular formula is C33H58O35P2. The molecule has 0 aromatic carbocycles. The quantitative estimate of drug-likeness (QED) is 0.0503. The molecule has 5 saturated heterocycles. The van der Waals surface area contributed by atoms with Gasteiger partial charge < -0.3 is 149 Å². The van der Waals surface area contributed by atoms with E-state index in [9.17, 15) is 120 Å². The molecule has 35 nitrogen and oxygen atoms in total. The van der Waals surface area contributed by atoms with Crippen LogP contribution in [0.3, 0.4) is 0 Å². The van der Waals surface area contributed by atoms with E-state index in [0.717, 1.165) is 0 Å². The minimum absolute atomic E-state index is 0.939. The Kier molecular flexibility index (Phi) is 20.5. The number of phosphoric ester groups is 2. The second kappa shape index (κ2) is 24.1. The van der Waals surface area contributed by atoms with Crippen molar-refractivity contribution in [1.82, 2.24) is 0 Å². The molecule has 0 spiro atoms. The molecule has 410 valence electrons. The zero-order chi connectivity index (χ0) is 52.5. The van der Waals surface area contributed by atoms with Gasteiger partial charge in [0.25, 0.3) is 5.79 Å². The Balaban J connectivity index is 1.53. The van der Waals surface area contributed by atoms with Crippen molar-refractivity contribution in [2.75, 3.05) is 33.0 Å². The normalized spacial score (nSPS) is 46.3. The molecule has 0 bridgehead atoms. The molecule has 5 heterocycles. The molecule has 5 aliphatic heterocycles. The summed E-state index contributed by atoms with van der Waals surface area (Å²) in [6, 6.07) is 0. The van der Waals surface area contributed by atoms with Gasteiger partial charge in [-0.1, -0.05) is 0 Å². The maximum absolute atomic E-state index is 12.5. The van der Waals surface area contributed by atoms with Crippen molar-refractivity contribution in [3.63, 3.8) is 0 Å². The Bertz CT molecular complexity index is 1770. The fraction of sp³-hybridized carbons (Fsp3) is 0.970. The number of hydrogen-bond acceptors (Lipinski definition) is 30. The van der Waals surface area contributed by atoms with Gasteiger partial charge in [0.1, 0.15) is 128 Å². The summed E-state index contributed by atoms with van der Waals surface area (Å²) >= 11 is 0. The second-order valence-electron chi connectivity index (χ2n) is 16.6. The number of aliphatic hydroxyl groups excluding tert-OH is 15. The zero-order valence-electron chi connectivity index (χ0n) is 35.7. The molecule has 0 aromatic rings. The van der Waals surface area contributed by atoms with Crippen molar-refractivity contribution >= 4 is 21.6 Å². The number of carbonyl (C=O) groups is 1. The lowest BCUT2D eigenvalue weighted by molar-refractivity contribution is -0.391. The van der Waals surface area contributed by atoms with Gasteiger partial charge in [0.05, 0.1) is 33.0 Å². The fourth-order valence-electron chi connectivity index (χ4n) is 8.10. The van der Waals surface area contributed by atoms with Crippen LogP contribution in [0.5, 0.6) is 0 Å². The lowest BCUT2D eigenvalue weighted by Gasteiger charge is -2.51. The summed E-state index contributed by atoms with van der Waals surface area (Å²) in [5.41, 5.74) is 0. The minimum atomic E-state index is -5.98. The summed E-state index contributed by atoms with van der Waals surface area (Å²) in [5.74, 6) is -5.70. The van der Waals surface area contributed by atoms with E-state index in [0.29, 0.717) is 0 Å². The maximum atomic E-state index is 12.5. The number of aliphatic carboxylic acids is 1. The van der Waals surface area contributed by atoms with Crippen molar-refractivity contribution in [3.05, 3.63) is 0 Å². The third-order valence-corrected chi connectivity index (χ3v) is 12.8. The largest absolute Gasteiger partial charge is 0.477 e. The van der Waals surface area contributed by atoms with E-state index >= 15 is 0 Å². The summed E-state index contributed by atoms with van der Waals surface area (Å²) in [6.07, 6.45) is -57.2. The highest BCUT2D eigenvalue weighted by molar-refractivity contribution is 7.46. The van der Waals surface area contributed by atoms with E-state index in [1.807, 2.05) is 0 Å². The van der Waals surface area contributed by atoms with Gasteiger partial charge in [0.2, 0.25) is 0 Å². The topological polar surface area (TPSA) is 578 Å². The van der Waals surface area contributed by atoms with Crippen LogP contribution in [0.25, 0.3) is 0 Å². The van der Waals surface area contributed by atoms with Crippen LogP contribution < -0.4 is 0 Å². The van der Waals surface area contributed by atoms with Crippen molar-refractivity contribution in [1.29, 1.82) is 0 Å². The first kappa shape index (κ1) is 59.6. The summed E-state index contributed by atoms with van der Waals surface area (Å²) in [5, 5.41) is 178. The SMILES string of the molecule is O=C(O)[C@@]1(O)C[C@@H](OP(=O)(O)O)[C@@H](O[C@H]2O[C@H]([C@@H](O)CO[C@@H]3O[C@H](CO)[C@H](O)[C@H](O)[C@H]3O)[C@@H](O[C@@H]3O[C@H](CO)[C@H](O[C@H]4O[C@H](CO)[C@@H](O)[C@H](O)[C@H]4O)[C@H](O)[C@H]3O)[C@H](OP(=O)(O)O)[C@@H]2O)[C@@H]([C@H](O)CO)O1. The lowest BCUT2D eigenvalue weighted by Crippen LogP contribution is -2.69. The van der Waals surface area contributed by atoms with E-state index in [1.54, 1.807) is 0 Å². The number of hydrogen-bond donors (Lipinski definition) is 21. The van der Waals surface area contributed by atoms with Crippen LogP contribution in [0.1, 0.15) is 6.42 Å². The van der Waals surface area contributed by atoms with Crippen LogP contribution in [-0.4, -0.2) is 305 Å². The molecule has 70 heavy (non-hydrogen) atoms. The van der Waals surface area contributed by atoms with Crippen molar-refractivity contribution in [3.8, 4) is 0 Å². The first-order chi connectivity index (χ1) is 32.5. The van der Waals surface area contributed by atoms with Gasteiger partial charge in [0, 0.05) is 6.42 Å². The molecular weight excluding hydrogens is 1020 g/mol. The Morgan fingerprint density at radius 2 is 1.00 bits per heavy atom. The molecule has 37 heteroatoms. The molecule has 26 atom stereocenters. The Morgan fingerprint density at radius 3 is 1.50 bits per heavy atom. The van der Waals surface area contributed by atoms with Gasteiger partial charge in [-0.2, -0.15) is 0 Å². The molecule has 0 radical (unpaired) electrons. The summed E-state index contributed by atoms with van der Waals surface area (Å²) < 4.78 is 83.2. The predicted octanol–water partition coefficient (Wildman–Crippen LogP) is -12.5. The van der Waals surface area contributed by atoms with Gasteiger partial charge in [-0.15, -0.1) is 0 Å². The number of phosphoric acid groups is 2. The standard InChI is InChI=1S/C33H58O35P2/c34-2-7(38)23-25(9(67-69(52,53)54)1-33(51,66-23)32(49)50)64-31-21(48)26(68-70(55,56)57)27(22(62-31)8(39)6-58-28-18(45)15(42)13(40)10(3-35)59-28)65-30-20(47)17(44)24(12(5-37)61-30)63-29-19(46)16(43)14(41)11(4-36)60-29/h7-31,34-48,51H,1-6H2,(H,49,50)(H2,52,53,54)(H2,55,56,57)/t7-,8+,9-,10-,11-,12-,13+,14-,15+,16+,17-,18-,19-,20-,21+,22-,23-,24+,25-,26-,27-,28-,29-,30+,31-,33-/m1/s1. The molecule has 0 aromatic heterocycles. The first-order valence-electron chi connectivity index (χ1n) is 20.7. The number of rotatable bonds is 20. The molecule has 0 saturated carbocycles. The van der Waals surface area contributed by atoms with Crippen LogP contribution in [0.15, 0.2) is 0 Å². The van der Waals surface area contributed by atoms with Crippen LogP contribution >= 0.6 is 15.6 Å². The van der Waals surface area contributed by atoms with E-state index in [2.05, 4.69) is 4.52 Å². The molecule has 5 aliphatic rings. The number of carboxylic acids is 1. The monoisotopic (exact) mass is 1080 g/mol. The van der Waals surface area contributed by atoms with Gasteiger partial charge in [-0.05, 0) is 0 Å². The van der Waals surface area contributed by atoms with Crippen molar-refractivity contribution < 1.29 is 172 Å². The van der Waals surface area contributed by atoms with Crippen LogP contribution in [0.4, 0.5) is 0 Å². The number of aliphatic hydroxyl groups is 16. The molecule has 0 unspecified atom stereocenters. The summed E-state index contributed by atoms with van der Waals surface area (Å²) in [7, 11) is -11.8. The van der Waals surface area contributed by atoms with Crippen LogP contribution in [-0.2, 0) is 65.6 Å². The highest BCUT2D eigenvalue weighted by atomic mass is 31.2. The van der Waals surface area contributed by atoms with E-state index in [-0.39, 0.29) is 0 Å². The fourth-order valence-corrected chi connectivity index (χ4v) is 9.21. The predicted molar refractivity (Wildman–Crippen MR) is 206 cm³/mol. The average Bonchev–Trinajstić information content (AvgIpc) is 3.28. The van der Waals surface area contributed by atoms with E-state index in [1.165, 1.54) is 0 Å². The average molecular weight is 1080 g/mol. The minimum Gasteiger partial charge on any atom is -0.477 e. The van der Waals surface area contributed by atoms with Gasteiger partial charge in [-0.3, -0.25) is 9.05 Å². The molecule has 21 N–H and O–H groups in total. The number of ether oxygens (including phenoxy) is 9. The summed E-state index contributed by atoms with van der Waals surface area (Å²) in [6.45, 7) is -5.74. The lowest BCUT2D eigenvalue weighted by atomic mass is 9.91. The Morgan fingerprint density at radius 1 is 0.543 bits per heavy atom. The first-order valence-corrected chi connectivity index (χ1v) is 23.8. The Labute approximate surface area is 392 Å². The third kappa shape index (κ3) is 13.6. The second-order valence-corrected chi connectivity index (χ2v) is 19.0. The van der Waals surface area contributed by atoms with Crippen LogP contribution in [0.2, 0.25) is 0 Å². The van der Waals surface area contributed by atoms with E-state index in [4.69, 9.17) is 47.2 Å². The maximum Gasteiger partial charge on any atom is 0.470 e. The molecule has 5 fully saturated rings. The number of carboxylic acid groups (broad SMARTS) is 1. The van der Waals surface area contributed by atoms with Gasteiger partial charge >= 0.3 is 21.6 Å². The zero-order valence-corrected chi connectivity index (χ0v) is 37.5. The van der Waals surface area contributed by atoms with Gasteiger partial charge in [-0.25, -0.2) is 13.9 Å². The van der Waals surface area contributed by atoms with Crippen molar-refractivity contribution in [2.24, 2.45) is 0 Å². The van der Waals surface area contributed by atoms with Crippen molar-refractivity contribution in [2.45, 2.75) is 166 Å². The summed E-state index contributed by atoms with van der Waals surface area (Å²) in [4.78, 5) is 51.5. The smallest absolute Gasteiger partial charge is 0.470 e. The molecule has 0 amide bonds.